The van der Waals surface area contributed by atoms with E-state index in [1.807, 2.05) is 29.6 Å². The molecule has 0 saturated carbocycles. The number of nitrogens with one attached hydrogen (secondary N) is 1. The van der Waals surface area contributed by atoms with Crippen LogP contribution < -0.4 is 5.43 Å². The maximum absolute atomic E-state index is 11.4. The van der Waals surface area contributed by atoms with Crippen molar-refractivity contribution in [2.45, 2.75) is 20.0 Å². The number of hydrogen-bond donors (Lipinski definition) is 1. The van der Waals surface area contributed by atoms with Gasteiger partial charge in [0.15, 0.2) is 0 Å². The molecule has 2 rings (SSSR count). The number of carbonyl (C=O) groups excluding carboxylic acids is 1. The van der Waals surface area contributed by atoms with Gasteiger partial charge in [0.25, 0.3) is 0 Å². The predicted octanol–water partition coefficient (Wildman–Crippen LogP) is 3.40. The Labute approximate surface area is 151 Å². The highest BCUT2D eigenvalue weighted by Gasteiger charge is 2.07. The highest BCUT2D eigenvalue weighted by Crippen LogP contribution is 2.16. The summed E-state index contributed by atoms with van der Waals surface area (Å²) in [6, 6.07) is 7.91. The van der Waals surface area contributed by atoms with Gasteiger partial charge >= 0.3 is 5.97 Å². The van der Waals surface area contributed by atoms with E-state index in [9.17, 15) is 4.79 Å². The minimum atomic E-state index is -0.278. The van der Waals surface area contributed by atoms with Crippen LogP contribution in [0.3, 0.4) is 0 Å². The zero-order valence-corrected chi connectivity index (χ0v) is 14.9. The number of rotatable bonds is 10. The lowest BCUT2D eigenvalue weighted by atomic mass is 10.1. The van der Waals surface area contributed by atoms with Crippen LogP contribution in [-0.4, -0.2) is 30.4 Å². The van der Waals surface area contributed by atoms with Crippen LogP contribution >= 0.6 is 11.3 Å². The summed E-state index contributed by atoms with van der Waals surface area (Å²) in [7, 11) is 0. The number of nitrogens with zero attached hydrogens (tertiary/aromatic N) is 2. The van der Waals surface area contributed by atoms with Crippen LogP contribution in [0, 0.1) is 0 Å². The van der Waals surface area contributed by atoms with Crippen molar-refractivity contribution in [2.75, 3.05) is 18.6 Å². The van der Waals surface area contributed by atoms with Crippen LogP contribution in [0.5, 0.6) is 0 Å². The topological polar surface area (TPSA) is 72.8 Å². The molecule has 7 heteroatoms. The Hall–Kier alpha value is -2.51. The van der Waals surface area contributed by atoms with Crippen molar-refractivity contribution in [3.63, 3.8) is 0 Å². The lowest BCUT2D eigenvalue weighted by Gasteiger charge is -2.02. The van der Waals surface area contributed by atoms with E-state index in [4.69, 9.17) is 9.47 Å². The summed E-state index contributed by atoms with van der Waals surface area (Å²) in [6.07, 6.45) is 3.61. The van der Waals surface area contributed by atoms with Gasteiger partial charge in [0, 0.05) is 5.38 Å². The highest BCUT2D eigenvalue weighted by atomic mass is 32.1. The molecule has 0 atom stereocenters. The Kier molecular flexibility index (Phi) is 7.81. The van der Waals surface area contributed by atoms with Crippen LogP contribution in [0.1, 0.15) is 23.7 Å². The maximum atomic E-state index is 11.4. The number of benzene rings is 1. The third kappa shape index (κ3) is 6.86. The lowest BCUT2D eigenvalue weighted by Crippen LogP contribution is -2.07. The predicted molar refractivity (Wildman–Crippen MR) is 100.0 cm³/mol. The average molecular weight is 359 g/mol. The number of esters is 1. The molecule has 25 heavy (non-hydrogen) atoms. The fourth-order valence-corrected chi connectivity index (χ4v) is 2.58. The molecular formula is C18H21N3O3S. The number of ether oxygens (including phenoxy) is 2. The average Bonchev–Trinajstić information content (AvgIpc) is 3.04. The molecule has 6 nitrogen and oxygen atoms in total. The van der Waals surface area contributed by atoms with E-state index < -0.39 is 0 Å². The van der Waals surface area contributed by atoms with Gasteiger partial charge < -0.3 is 9.47 Å². The van der Waals surface area contributed by atoms with Crippen molar-refractivity contribution in [2.24, 2.45) is 5.10 Å². The van der Waals surface area contributed by atoms with Crippen LogP contribution in [0.2, 0.25) is 0 Å². The molecule has 0 aliphatic heterocycles. The second-order valence-electron chi connectivity index (χ2n) is 5.04. The molecule has 0 saturated heterocycles. The first kappa shape index (κ1) is 18.8. The molecular weight excluding hydrogens is 338 g/mol. The monoisotopic (exact) mass is 359 g/mol. The molecule has 1 aromatic carbocycles. The smallest absolute Gasteiger partial charge is 0.311 e. The van der Waals surface area contributed by atoms with Crippen molar-refractivity contribution in [1.82, 2.24) is 4.98 Å². The molecule has 0 spiro atoms. The molecule has 132 valence electrons. The fourth-order valence-electron chi connectivity index (χ4n) is 1.92. The maximum Gasteiger partial charge on any atom is 0.311 e. The molecule has 2 aromatic rings. The Balaban J connectivity index is 1.81. The van der Waals surface area contributed by atoms with Crippen molar-refractivity contribution in [3.05, 3.63) is 59.1 Å². The third-order valence-corrected chi connectivity index (χ3v) is 3.84. The summed E-state index contributed by atoms with van der Waals surface area (Å²) in [5.74, 6) is -0.278. The largest absolute Gasteiger partial charge is 0.466 e. The minimum absolute atomic E-state index is 0.172. The van der Waals surface area contributed by atoms with E-state index >= 15 is 0 Å². The third-order valence-electron chi connectivity index (χ3n) is 3.04. The Morgan fingerprint density at radius 1 is 1.40 bits per heavy atom. The SMILES string of the molecule is C=CCOCc1ccc(C=NNc2nc(CC(=O)OCC)cs2)cc1. The molecule has 1 N–H and O–H groups in total. The van der Waals surface area contributed by atoms with Gasteiger partial charge in [-0.25, -0.2) is 4.98 Å². The summed E-state index contributed by atoms with van der Waals surface area (Å²) in [6.45, 7) is 6.86. The van der Waals surface area contributed by atoms with E-state index in [0.717, 1.165) is 11.1 Å². The van der Waals surface area contributed by atoms with Crippen LogP contribution in [0.25, 0.3) is 0 Å². The molecule has 0 amide bonds. The Morgan fingerprint density at radius 2 is 2.20 bits per heavy atom. The zero-order valence-electron chi connectivity index (χ0n) is 14.1. The van der Waals surface area contributed by atoms with Crippen molar-refractivity contribution >= 4 is 28.7 Å². The summed E-state index contributed by atoms with van der Waals surface area (Å²) < 4.78 is 10.3. The first-order valence-corrected chi connectivity index (χ1v) is 8.76. The van der Waals surface area contributed by atoms with Gasteiger partial charge in [-0.3, -0.25) is 10.2 Å². The summed E-state index contributed by atoms with van der Waals surface area (Å²) >= 11 is 1.39. The van der Waals surface area contributed by atoms with Gasteiger partial charge in [0.05, 0.1) is 38.1 Å². The summed E-state index contributed by atoms with van der Waals surface area (Å²) in [4.78, 5) is 15.7. The number of thiazole rings is 1. The molecule has 0 bridgehead atoms. The fraction of sp³-hybridized carbons (Fsp3) is 0.278. The lowest BCUT2D eigenvalue weighted by molar-refractivity contribution is -0.142. The molecule has 1 heterocycles. The first-order valence-electron chi connectivity index (χ1n) is 7.88. The van der Waals surface area contributed by atoms with E-state index in [2.05, 4.69) is 22.1 Å². The van der Waals surface area contributed by atoms with Crippen LogP contribution in [0.15, 0.2) is 47.4 Å². The minimum Gasteiger partial charge on any atom is -0.466 e. The van der Waals surface area contributed by atoms with Gasteiger partial charge in [-0.05, 0) is 18.1 Å². The molecule has 0 aliphatic rings. The summed E-state index contributed by atoms with van der Waals surface area (Å²) in [5.41, 5.74) is 5.59. The standard InChI is InChI=1S/C18H21N3O3S/c1-3-9-23-12-15-7-5-14(6-8-15)11-19-21-18-20-16(13-25-18)10-17(22)24-4-2/h3,5-8,11,13H,1,4,9-10,12H2,2H3,(H,20,21). The van der Waals surface area contributed by atoms with Crippen molar-refractivity contribution in [1.29, 1.82) is 0 Å². The van der Waals surface area contributed by atoms with Gasteiger partial charge in [-0.15, -0.1) is 17.9 Å². The van der Waals surface area contributed by atoms with Crippen molar-refractivity contribution in [3.8, 4) is 0 Å². The number of carbonyl (C=O) groups is 1. The second kappa shape index (κ2) is 10.4. The molecule has 1 aromatic heterocycles. The van der Waals surface area contributed by atoms with Crippen LogP contribution in [-0.2, 0) is 27.3 Å². The molecule has 0 unspecified atom stereocenters. The van der Waals surface area contributed by atoms with Gasteiger partial charge in [-0.1, -0.05) is 30.3 Å². The van der Waals surface area contributed by atoms with Crippen molar-refractivity contribution < 1.29 is 14.3 Å². The van der Waals surface area contributed by atoms with Gasteiger partial charge in [0.2, 0.25) is 5.13 Å². The van der Waals surface area contributed by atoms with E-state index in [1.54, 1.807) is 19.2 Å². The summed E-state index contributed by atoms with van der Waals surface area (Å²) in [5, 5.41) is 6.60. The molecule has 0 aliphatic carbocycles. The van der Waals surface area contributed by atoms with E-state index in [1.165, 1.54) is 11.3 Å². The zero-order chi connectivity index (χ0) is 17.9. The highest BCUT2D eigenvalue weighted by molar-refractivity contribution is 7.13. The van der Waals surface area contributed by atoms with Gasteiger partial charge in [-0.2, -0.15) is 5.10 Å². The van der Waals surface area contributed by atoms with E-state index in [0.29, 0.717) is 30.6 Å². The van der Waals surface area contributed by atoms with Gasteiger partial charge in [0.1, 0.15) is 0 Å². The number of aromatic nitrogens is 1. The van der Waals surface area contributed by atoms with Crippen LogP contribution in [0.4, 0.5) is 5.13 Å². The number of hydrogen-bond acceptors (Lipinski definition) is 7. The number of hydrazone groups is 1. The Bertz CT molecular complexity index is 711. The second-order valence-corrected chi connectivity index (χ2v) is 5.90. The Morgan fingerprint density at radius 3 is 2.92 bits per heavy atom. The molecule has 0 fully saturated rings. The van der Waals surface area contributed by atoms with E-state index in [-0.39, 0.29) is 12.4 Å². The normalized spacial score (nSPS) is 10.8. The number of anilines is 1. The molecule has 0 radical (unpaired) electrons. The quantitative estimate of drug-likeness (QED) is 0.231. The first-order chi connectivity index (χ1) is 12.2.